The van der Waals surface area contributed by atoms with E-state index in [2.05, 4.69) is 37.9 Å². The molecule has 3 aromatic rings. The summed E-state index contributed by atoms with van der Waals surface area (Å²) >= 11 is 0. The Bertz CT molecular complexity index is 777. The van der Waals surface area contributed by atoms with Gasteiger partial charge in [0, 0.05) is 11.5 Å². The zero-order chi connectivity index (χ0) is 14.1. The van der Waals surface area contributed by atoms with Gasteiger partial charge in [-0.05, 0) is 49.6 Å². The van der Waals surface area contributed by atoms with Gasteiger partial charge in [0.25, 0.3) is 0 Å². The minimum atomic E-state index is 0.648. The zero-order valence-electron chi connectivity index (χ0n) is 12.0. The summed E-state index contributed by atoms with van der Waals surface area (Å²) in [6.45, 7) is 6.24. The Kier molecular flexibility index (Phi) is 3.15. The molecule has 0 unspecified atom stereocenters. The first-order valence-electron chi connectivity index (χ1n) is 6.75. The van der Waals surface area contributed by atoms with Gasteiger partial charge in [-0.3, -0.25) is 0 Å². The molecule has 0 bridgehead atoms. The van der Waals surface area contributed by atoms with Crippen LogP contribution in [-0.4, -0.2) is 4.98 Å². The van der Waals surface area contributed by atoms with Crippen LogP contribution in [0.2, 0.25) is 0 Å². The van der Waals surface area contributed by atoms with E-state index in [1.54, 1.807) is 0 Å². The van der Waals surface area contributed by atoms with Gasteiger partial charge < -0.3 is 4.74 Å². The second kappa shape index (κ2) is 4.97. The Morgan fingerprint density at radius 3 is 2.50 bits per heavy atom. The number of benzene rings is 2. The van der Waals surface area contributed by atoms with Crippen LogP contribution in [0.3, 0.4) is 0 Å². The van der Waals surface area contributed by atoms with E-state index in [9.17, 15) is 0 Å². The van der Waals surface area contributed by atoms with Crippen molar-refractivity contribution in [2.45, 2.75) is 20.8 Å². The summed E-state index contributed by atoms with van der Waals surface area (Å²) in [5.41, 5.74) is 4.52. The molecule has 0 N–H and O–H groups in total. The molecular formula is C18H17NO. The van der Waals surface area contributed by atoms with Gasteiger partial charge in [0.1, 0.15) is 5.75 Å². The summed E-state index contributed by atoms with van der Waals surface area (Å²) in [6, 6.07) is 16.2. The Morgan fingerprint density at radius 1 is 0.850 bits per heavy atom. The molecule has 0 saturated carbocycles. The van der Waals surface area contributed by atoms with Gasteiger partial charge >= 0.3 is 0 Å². The number of aryl methyl sites for hydroxylation is 2. The number of aromatic nitrogens is 1. The average Bonchev–Trinajstić information content (AvgIpc) is 2.44. The molecule has 20 heavy (non-hydrogen) atoms. The Labute approximate surface area is 119 Å². The standard InChI is InChI=1S/C18H17NO/c1-12-7-6-10-17(14(12)3)20-18-11-13(2)15-8-4-5-9-16(15)19-18/h4-11H,1-3H3. The van der Waals surface area contributed by atoms with E-state index in [0.29, 0.717) is 5.88 Å². The third kappa shape index (κ3) is 2.25. The van der Waals surface area contributed by atoms with Crippen molar-refractivity contribution in [1.29, 1.82) is 0 Å². The molecule has 0 saturated heterocycles. The fourth-order valence-corrected chi connectivity index (χ4v) is 2.32. The fourth-order valence-electron chi connectivity index (χ4n) is 2.32. The maximum absolute atomic E-state index is 5.97. The van der Waals surface area contributed by atoms with Gasteiger partial charge in [-0.2, -0.15) is 0 Å². The van der Waals surface area contributed by atoms with Crippen molar-refractivity contribution < 1.29 is 4.74 Å². The Hall–Kier alpha value is -2.35. The van der Waals surface area contributed by atoms with E-state index in [0.717, 1.165) is 16.8 Å². The van der Waals surface area contributed by atoms with Crippen LogP contribution in [0.15, 0.2) is 48.5 Å². The van der Waals surface area contributed by atoms with Crippen LogP contribution in [-0.2, 0) is 0 Å². The van der Waals surface area contributed by atoms with Gasteiger partial charge in [-0.1, -0.05) is 30.3 Å². The lowest BCUT2D eigenvalue weighted by molar-refractivity contribution is 0.461. The quantitative estimate of drug-likeness (QED) is 0.652. The number of para-hydroxylation sites is 1. The largest absolute Gasteiger partial charge is 0.439 e. The van der Waals surface area contributed by atoms with Crippen molar-refractivity contribution in [3.63, 3.8) is 0 Å². The predicted octanol–water partition coefficient (Wildman–Crippen LogP) is 4.95. The van der Waals surface area contributed by atoms with Crippen molar-refractivity contribution in [3.05, 3.63) is 65.2 Å². The van der Waals surface area contributed by atoms with Crippen molar-refractivity contribution in [3.8, 4) is 11.6 Å². The van der Waals surface area contributed by atoms with Gasteiger partial charge in [0.05, 0.1) is 5.52 Å². The molecule has 0 aliphatic rings. The molecule has 2 heteroatoms. The fraction of sp³-hybridized carbons (Fsp3) is 0.167. The van der Waals surface area contributed by atoms with E-state index in [4.69, 9.17) is 4.74 Å². The molecule has 100 valence electrons. The maximum atomic E-state index is 5.97. The van der Waals surface area contributed by atoms with Gasteiger partial charge in [-0.25, -0.2) is 4.98 Å². The minimum absolute atomic E-state index is 0.648. The summed E-state index contributed by atoms with van der Waals surface area (Å²) in [5, 5.41) is 1.17. The topological polar surface area (TPSA) is 22.1 Å². The Morgan fingerprint density at radius 2 is 1.65 bits per heavy atom. The second-order valence-electron chi connectivity index (χ2n) is 5.09. The monoisotopic (exact) mass is 263 g/mol. The lowest BCUT2D eigenvalue weighted by atomic mass is 10.1. The molecule has 1 aromatic heterocycles. The van der Waals surface area contributed by atoms with E-state index < -0.39 is 0 Å². The maximum Gasteiger partial charge on any atom is 0.220 e. The van der Waals surface area contributed by atoms with Crippen LogP contribution >= 0.6 is 0 Å². The number of ether oxygens (including phenoxy) is 1. The highest BCUT2D eigenvalue weighted by Gasteiger charge is 2.07. The molecule has 2 aromatic carbocycles. The van der Waals surface area contributed by atoms with Crippen LogP contribution in [0.4, 0.5) is 0 Å². The molecule has 0 aliphatic heterocycles. The van der Waals surface area contributed by atoms with Crippen molar-refractivity contribution in [2.75, 3.05) is 0 Å². The third-order valence-electron chi connectivity index (χ3n) is 3.67. The molecular weight excluding hydrogens is 246 g/mol. The molecule has 1 heterocycles. The number of pyridine rings is 1. The highest BCUT2D eigenvalue weighted by Crippen LogP contribution is 2.28. The number of fused-ring (bicyclic) bond motifs is 1. The lowest BCUT2D eigenvalue weighted by Gasteiger charge is -2.11. The highest BCUT2D eigenvalue weighted by atomic mass is 16.5. The molecule has 3 rings (SSSR count). The molecule has 0 aliphatic carbocycles. The minimum Gasteiger partial charge on any atom is -0.439 e. The zero-order valence-corrected chi connectivity index (χ0v) is 12.0. The number of nitrogens with zero attached hydrogens (tertiary/aromatic N) is 1. The Balaban J connectivity index is 2.05. The van der Waals surface area contributed by atoms with Crippen LogP contribution in [0.25, 0.3) is 10.9 Å². The first-order valence-corrected chi connectivity index (χ1v) is 6.75. The molecule has 0 fully saturated rings. The van der Waals surface area contributed by atoms with Crippen LogP contribution in [0.5, 0.6) is 11.6 Å². The normalized spacial score (nSPS) is 10.8. The second-order valence-corrected chi connectivity index (χ2v) is 5.09. The number of hydrogen-bond donors (Lipinski definition) is 0. The predicted molar refractivity (Wildman–Crippen MR) is 82.5 cm³/mol. The summed E-state index contributed by atoms with van der Waals surface area (Å²) < 4.78 is 5.97. The van der Waals surface area contributed by atoms with Crippen LogP contribution < -0.4 is 4.74 Å². The molecule has 0 radical (unpaired) electrons. The van der Waals surface area contributed by atoms with Crippen molar-refractivity contribution in [2.24, 2.45) is 0 Å². The molecule has 0 amide bonds. The molecule has 0 spiro atoms. The highest BCUT2D eigenvalue weighted by molar-refractivity contribution is 5.82. The summed E-state index contributed by atoms with van der Waals surface area (Å²) in [6.07, 6.45) is 0. The lowest BCUT2D eigenvalue weighted by Crippen LogP contribution is -1.93. The summed E-state index contributed by atoms with van der Waals surface area (Å²) in [4.78, 5) is 4.58. The van der Waals surface area contributed by atoms with Crippen molar-refractivity contribution in [1.82, 2.24) is 4.98 Å². The SMILES string of the molecule is Cc1cccc(Oc2cc(C)c3ccccc3n2)c1C. The summed E-state index contributed by atoms with van der Waals surface area (Å²) in [5.74, 6) is 1.52. The smallest absolute Gasteiger partial charge is 0.220 e. The van der Waals surface area contributed by atoms with E-state index in [1.165, 1.54) is 16.5 Å². The van der Waals surface area contributed by atoms with Crippen molar-refractivity contribution >= 4 is 10.9 Å². The van der Waals surface area contributed by atoms with Gasteiger partial charge in [-0.15, -0.1) is 0 Å². The first-order chi connectivity index (χ1) is 9.65. The molecule has 2 nitrogen and oxygen atoms in total. The van der Waals surface area contributed by atoms with E-state index in [1.807, 2.05) is 36.4 Å². The van der Waals surface area contributed by atoms with Crippen LogP contribution in [0, 0.1) is 20.8 Å². The van der Waals surface area contributed by atoms with Gasteiger partial charge in [0.2, 0.25) is 5.88 Å². The van der Waals surface area contributed by atoms with Gasteiger partial charge in [0.15, 0.2) is 0 Å². The first kappa shape index (κ1) is 12.7. The average molecular weight is 263 g/mol. The van der Waals surface area contributed by atoms with E-state index in [-0.39, 0.29) is 0 Å². The number of rotatable bonds is 2. The third-order valence-corrected chi connectivity index (χ3v) is 3.67. The number of hydrogen-bond acceptors (Lipinski definition) is 2. The van der Waals surface area contributed by atoms with E-state index >= 15 is 0 Å². The molecule has 0 atom stereocenters. The van der Waals surface area contributed by atoms with Crippen LogP contribution in [0.1, 0.15) is 16.7 Å². The summed E-state index contributed by atoms with van der Waals surface area (Å²) in [7, 11) is 0.